The Balaban J connectivity index is 2.23. The van der Waals surface area contributed by atoms with Crippen molar-refractivity contribution >= 4 is 5.91 Å². The molecule has 9 nitrogen and oxygen atoms in total. The molecule has 0 bridgehead atoms. The first kappa shape index (κ1) is 61.2. The van der Waals surface area contributed by atoms with Gasteiger partial charge in [-0.15, -0.1) is 0 Å². The van der Waals surface area contributed by atoms with Crippen molar-refractivity contribution in [3.8, 4) is 0 Å². The first-order valence-electron chi connectivity index (χ1n) is 27.4. The van der Waals surface area contributed by atoms with Crippen molar-refractivity contribution in [3.05, 3.63) is 48.6 Å². The zero-order valence-corrected chi connectivity index (χ0v) is 42.0. The Kier molecular flexibility index (Phi) is 43.2. The molecule has 1 fully saturated rings. The van der Waals surface area contributed by atoms with Crippen LogP contribution in [0.5, 0.6) is 0 Å². The van der Waals surface area contributed by atoms with Gasteiger partial charge >= 0.3 is 0 Å². The molecule has 65 heavy (non-hydrogen) atoms. The van der Waals surface area contributed by atoms with Crippen molar-refractivity contribution in [2.24, 2.45) is 0 Å². The van der Waals surface area contributed by atoms with Crippen LogP contribution in [0.1, 0.15) is 245 Å². The first-order valence-corrected chi connectivity index (χ1v) is 27.4. The molecule has 7 atom stereocenters. The lowest BCUT2D eigenvalue weighted by Crippen LogP contribution is -2.60. The molecular weight excluding hydrogens is 815 g/mol. The molecule has 1 aliphatic heterocycles. The lowest BCUT2D eigenvalue weighted by atomic mass is 9.99. The molecule has 0 aliphatic carbocycles. The molecule has 0 aromatic rings. The van der Waals surface area contributed by atoms with Crippen LogP contribution in [0.3, 0.4) is 0 Å². The number of amides is 1. The minimum atomic E-state index is -1.57. The smallest absolute Gasteiger partial charge is 0.220 e. The summed E-state index contributed by atoms with van der Waals surface area (Å²) in [6.07, 6.45) is 53.2. The van der Waals surface area contributed by atoms with Gasteiger partial charge in [0.2, 0.25) is 5.91 Å². The van der Waals surface area contributed by atoms with E-state index >= 15 is 0 Å². The van der Waals surface area contributed by atoms with Gasteiger partial charge in [0.25, 0.3) is 0 Å². The summed E-state index contributed by atoms with van der Waals surface area (Å²) in [5.74, 6) is -0.191. The molecule has 0 spiro atoms. The van der Waals surface area contributed by atoms with Gasteiger partial charge in [0, 0.05) is 6.42 Å². The topological polar surface area (TPSA) is 149 Å². The van der Waals surface area contributed by atoms with Gasteiger partial charge in [-0.25, -0.2) is 0 Å². The van der Waals surface area contributed by atoms with Crippen LogP contribution in [-0.4, -0.2) is 87.5 Å². The van der Waals surface area contributed by atoms with Gasteiger partial charge in [-0.05, 0) is 70.6 Å². The van der Waals surface area contributed by atoms with E-state index in [-0.39, 0.29) is 12.5 Å². The van der Waals surface area contributed by atoms with Crippen molar-refractivity contribution in [3.63, 3.8) is 0 Å². The SMILES string of the molecule is CCCCCCC/C=C/CC/C=C/CC/C=C/C(O)C(COC1OC(CO)C(O)C(O)C1O)NC(=O)CCCCCCCCCCCCC/C=C\CCCCCCCCCCCCCC. The van der Waals surface area contributed by atoms with Crippen LogP contribution in [0.25, 0.3) is 0 Å². The summed E-state index contributed by atoms with van der Waals surface area (Å²) in [7, 11) is 0. The average molecular weight is 918 g/mol. The van der Waals surface area contributed by atoms with E-state index in [0.717, 1.165) is 51.4 Å². The molecule has 6 N–H and O–H groups in total. The van der Waals surface area contributed by atoms with Crippen LogP contribution in [0.2, 0.25) is 0 Å². The van der Waals surface area contributed by atoms with Crippen LogP contribution in [0, 0.1) is 0 Å². The second-order valence-electron chi connectivity index (χ2n) is 19.0. The van der Waals surface area contributed by atoms with Gasteiger partial charge in [0.1, 0.15) is 24.4 Å². The standard InChI is InChI=1S/C56H103NO8/c1-3-5-7-9-11-13-15-17-19-20-21-22-23-24-25-26-27-28-29-30-32-34-36-38-40-42-44-46-52(60)57-49(48-64-56-55(63)54(62)53(61)51(47-58)65-56)50(59)45-43-41-39-37-35-33-31-18-16-14-12-10-8-6-4-2/h16,18,24-25,35,37,43,45,49-51,53-56,58-59,61-63H,3-15,17,19-23,26-34,36,38-42,44,46-48H2,1-2H3,(H,57,60)/b18-16+,25-24-,37-35+,45-43+. The highest BCUT2D eigenvalue weighted by Crippen LogP contribution is 2.23. The van der Waals surface area contributed by atoms with Crippen molar-refractivity contribution in [1.82, 2.24) is 5.32 Å². The quantitative estimate of drug-likeness (QED) is 0.0261. The number of unbranched alkanes of at least 4 members (excludes halogenated alkanes) is 30. The largest absolute Gasteiger partial charge is 0.394 e. The lowest BCUT2D eigenvalue weighted by molar-refractivity contribution is -0.302. The molecule has 7 unspecified atom stereocenters. The number of ether oxygens (including phenoxy) is 2. The summed E-state index contributed by atoms with van der Waals surface area (Å²) in [5.41, 5.74) is 0. The summed E-state index contributed by atoms with van der Waals surface area (Å²) in [6, 6.07) is -0.828. The van der Waals surface area contributed by atoms with E-state index < -0.39 is 49.5 Å². The fourth-order valence-electron chi connectivity index (χ4n) is 8.48. The van der Waals surface area contributed by atoms with E-state index in [9.17, 15) is 30.3 Å². The van der Waals surface area contributed by atoms with Gasteiger partial charge < -0.3 is 40.3 Å². The number of hydrogen-bond acceptors (Lipinski definition) is 8. The maximum absolute atomic E-state index is 13.0. The number of rotatable bonds is 46. The van der Waals surface area contributed by atoms with Crippen LogP contribution in [-0.2, 0) is 14.3 Å². The molecule has 1 aliphatic rings. The minimum absolute atomic E-state index is 0.191. The molecule has 1 heterocycles. The fraction of sp³-hybridized carbons (Fsp3) is 0.839. The summed E-state index contributed by atoms with van der Waals surface area (Å²) in [6.45, 7) is 3.75. The Hall–Kier alpha value is -1.85. The number of hydrogen-bond donors (Lipinski definition) is 6. The highest BCUT2D eigenvalue weighted by atomic mass is 16.7. The number of nitrogens with one attached hydrogen (secondary N) is 1. The highest BCUT2D eigenvalue weighted by Gasteiger charge is 2.44. The van der Waals surface area contributed by atoms with Crippen molar-refractivity contribution in [1.29, 1.82) is 0 Å². The van der Waals surface area contributed by atoms with E-state index in [2.05, 4.69) is 55.6 Å². The second-order valence-corrected chi connectivity index (χ2v) is 19.0. The minimum Gasteiger partial charge on any atom is -0.394 e. The van der Waals surface area contributed by atoms with Crippen LogP contribution < -0.4 is 5.32 Å². The predicted molar refractivity (Wildman–Crippen MR) is 272 cm³/mol. The van der Waals surface area contributed by atoms with Crippen LogP contribution >= 0.6 is 0 Å². The number of aliphatic hydroxyl groups excluding tert-OH is 5. The van der Waals surface area contributed by atoms with E-state index in [1.54, 1.807) is 6.08 Å². The summed E-state index contributed by atoms with van der Waals surface area (Å²) >= 11 is 0. The Morgan fingerprint density at radius 3 is 1.29 bits per heavy atom. The van der Waals surface area contributed by atoms with E-state index in [0.29, 0.717) is 6.42 Å². The second kappa shape index (κ2) is 45.9. The molecule has 0 aromatic carbocycles. The molecule has 0 aromatic heterocycles. The van der Waals surface area contributed by atoms with Crippen molar-refractivity contribution < 1.29 is 39.8 Å². The number of carbonyl (C=O) groups is 1. The summed E-state index contributed by atoms with van der Waals surface area (Å²) < 4.78 is 11.2. The maximum atomic E-state index is 13.0. The third kappa shape index (κ3) is 35.9. The summed E-state index contributed by atoms with van der Waals surface area (Å²) in [4.78, 5) is 13.0. The first-order chi connectivity index (χ1) is 31.8. The molecule has 380 valence electrons. The van der Waals surface area contributed by atoms with Crippen LogP contribution in [0.4, 0.5) is 0 Å². The van der Waals surface area contributed by atoms with Gasteiger partial charge in [-0.1, -0.05) is 217 Å². The normalized spacial score (nSPS) is 20.3. The maximum Gasteiger partial charge on any atom is 0.220 e. The fourth-order valence-corrected chi connectivity index (χ4v) is 8.48. The zero-order chi connectivity index (χ0) is 47.3. The van der Waals surface area contributed by atoms with Gasteiger partial charge in [-0.3, -0.25) is 4.79 Å². The number of allylic oxidation sites excluding steroid dienone is 7. The third-order valence-corrected chi connectivity index (χ3v) is 12.9. The third-order valence-electron chi connectivity index (χ3n) is 12.9. The van der Waals surface area contributed by atoms with E-state index in [1.807, 2.05) is 6.08 Å². The molecule has 1 saturated heterocycles. The Morgan fingerprint density at radius 2 is 0.877 bits per heavy atom. The predicted octanol–water partition coefficient (Wildman–Crippen LogP) is 13.0. The molecule has 1 rings (SSSR count). The van der Waals surface area contributed by atoms with Crippen LogP contribution in [0.15, 0.2) is 48.6 Å². The Bertz CT molecular complexity index is 1160. The summed E-state index contributed by atoms with van der Waals surface area (Å²) in [5, 5.41) is 54.3. The monoisotopic (exact) mass is 918 g/mol. The lowest BCUT2D eigenvalue weighted by Gasteiger charge is -2.40. The molecule has 0 saturated carbocycles. The van der Waals surface area contributed by atoms with Crippen molar-refractivity contribution in [2.75, 3.05) is 13.2 Å². The Labute approximate surface area is 399 Å². The number of aliphatic hydroxyl groups is 5. The van der Waals surface area contributed by atoms with E-state index in [1.165, 1.54) is 173 Å². The highest BCUT2D eigenvalue weighted by molar-refractivity contribution is 5.76. The number of carbonyl (C=O) groups excluding carboxylic acids is 1. The molecule has 0 radical (unpaired) electrons. The zero-order valence-electron chi connectivity index (χ0n) is 42.0. The van der Waals surface area contributed by atoms with Gasteiger partial charge in [0.05, 0.1) is 25.4 Å². The molecule has 9 heteroatoms. The van der Waals surface area contributed by atoms with Gasteiger partial charge in [0.15, 0.2) is 6.29 Å². The molecule has 1 amide bonds. The van der Waals surface area contributed by atoms with E-state index in [4.69, 9.17) is 9.47 Å². The average Bonchev–Trinajstić information content (AvgIpc) is 3.31. The van der Waals surface area contributed by atoms with Gasteiger partial charge in [-0.2, -0.15) is 0 Å². The molecular formula is C56H103NO8. The Morgan fingerprint density at radius 1 is 0.508 bits per heavy atom. The van der Waals surface area contributed by atoms with Crippen molar-refractivity contribution in [2.45, 2.75) is 288 Å².